The number of hydrogen-bond donors (Lipinski definition) is 0. The van der Waals surface area contributed by atoms with Crippen LogP contribution in [-0.2, 0) is 19.1 Å². The van der Waals surface area contributed by atoms with Crippen LogP contribution in [0, 0.1) is 6.92 Å². The summed E-state index contributed by atoms with van der Waals surface area (Å²) in [5.74, 6) is -0.162. The Bertz CT molecular complexity index is 930. The summed E-state index contributed by atoms with van der Waals surface area (Å²) < 4.78 is 15.5. The summed E-state index contributed by atoms with van der Waals surface area (Å²) in [4.78, 5) is 27.8. The second-order valence-electron chi connectivity index (χ2n) is 5.82. The third-order valence-corrected chi connectivity index (χ3v) is 3.82. The van der Waals surface area contributed by atoms with Crippen LogP contribution in [0.15, 0.2) is 59.2 Å². The number of aryl methyl sites for hydroxylation is 1. The van der Waals surface area contributed by atoms with Crippen molar-refractivity contribution < 1.29 is 23.8 Å². The number of ether oxygens (including phenoxy) is 3. The lowest BCUT2D eigenvalue weighted by Crippen LogP contribution is -2.14. The summed E-state index contributed by atoms with van der Waals surface area (Å²) in [5.41, 5.74) is 2.66. The molecule has 0 saturated heterocycles. The number of aliphatic imine (C=N–C) groups is 1. The Labute approximate surface area is 157 Å². The van der Waals surface area contributed by atoms with Crippen molar-refractivity contribution in [2.24, 2.45) is 4.99 Å². The maximum absolute atomic E-state index is 12.1. The molecule has 2 aromatic rings. The molecule has 0 spiro atoms. The van der Waals surface area contributed by atoms with Gasteiger partial charge in [0, 0.05) is 5.56 Å². The number of cyclic esters (lactones) is 1. The second-order valence-corrected chi connectivity index (χ2v) is 5.82. The molecule has 1 aliphatic heterocycles. The molecule has 0 bridgehead atoms. The summed E-state index contributed by atoms with van der Waals surface area (Å²) in [6.07, 6.45) is 1.62. The third kappa shape index (κ3) is 4.61. The van der Waals surface area contributed by atoms with E-state index in [9.17, 15) is 9.59 Å². The number of carbonyl (C=O) groups excluding carboxylic acids is 2. The van der Waals surface area contributed by atoms with Crippen LogP contribution >= 0.6 is 0 Å². The molecule has 0 aliphatic carbocycles. The van der Waals surface area contributed by atoms with E-state index in [4.69, 9.17) is 14.2 Å². The van der Waals surface area contributed by atoms with E-state index in [0.29, 0.717) is 23.8 Å². The minimum absolute atomic E-state index is 0.175. The van der Waals surface area contributed by atoms with Crippen molar-refractivity contribution in [3.8, 4) is 5.75 Å². The number of nitrogens with zero attached hydrogens (tertiary/aromatic N) is 1. The standard InChI is InChI=1S/C21H19NO5/c1-3-25-19(23)13-26-16-9-6-8-15(11-16)12-18-21(24)27-20(22-18)17-10-5-4-7-14(17)2/h4-12H,3,13H2,1-2H3/b18-12-. The molecule has 1 heterocycles. The van der Waals surface area contributed by atoms with Gasteiger partial charge in [0.1, 0.15) is 5.75 Å². The van der Waals surface area contributed by atoms with E-state index in [1.807, 2.05) is 31.2 Å². The average molecular weight is 365 g/mol. The highest BCUT2D eigenvalue weighted by Crippen LogP contribution is 2.22. The molecule has 138 valence electrons. The Balaban J connectivity index is 1.78. The van der Waals surface area contributed by atoms with Crippen LogP contribution in [0.1, 0.15) is 23.6 Å². The first kappa shape index (κ1) is 18.4. The van der Waals surface area contributed by atoms with Crippen LogP contribution in [-0.4, -0.2) is 31.1 Å². The fourth-order valence-electron chi connectivity index (χ4n) is 2.53. The lowest BCUT2D eigenvalue weighted by Gasteiger charge is -2.06. The zero-order valence-electron chi connectivity index (χ0n) is 15.1. The Morgan fingerprint density at radius 3 is 2.78 bits per heavy atom. The van der Waals surface area contributed by atoms with E-state index in [1.54, 1.807) is 37.3 Å². The van der Waals surface area contributed by atoms with Gasteiger partial charge in [0.2, 0.25) is 5.90 Å². The summed E-state index contributed by atoms with van der Waals surface area (Å²) >= 11 is 0. The molecule has 27 heavy (non-hydrogen) atoms. The highest BCUT2D eigenvalue weighted by atomic mass is 16.6. The van der Waals surface area contributed by atoms with Crippen molar-refractivity contribution >= 4 is 23.9 Å². The topological polar surface area (TPSA) is 74.2 Å². The van der Waals surface area contributed by atoms with E-state index in [1.165, 1.54) is 0 Å². The molecule has 0 N–H and O–H groups in total. The molecule has 0 unspecified atom stereocenters. The zero-order chi connectivity index (χ0) is 19.2. The van der Waals surface area contributed by atoms with Crippen LogP contribution in [0.25, 0.3) is 6.08 Å². The number of hydrogen-bond acceptors (Lipinski definition) is 6. The first-order valence-electron chi connectivity index (χ1n) is 8.54. The fourth-order valence-corrected chi connectivity index (χ4v) is 2.53. The highest BCUT2D eigenvalue weighted by molar-refractivity contribution is 6.13. The van der Waals surface area contributed by atoms with E-state index in [-0.39, 0.29) is 12.3 Å². The highest BCUT2D eigenvalue weighted by Gasteiger charge is 2.24. The van der Waals surface area contributed by atoms with Gasteiger partial charge < -0.3 is 14.2 Å². The van der Waals surface area contributed by atoms with Gasteiger partial charge in [0.25, 0.3) is 0 Å². The van der Waals surface area contributed by atoms with Crippen LogP contribution < -0.4 is 4.74 Å². The zero-order valence-corrected chi connectivity index (χ0v) is 15.1. The Kier molecular flexibility index (Phi) is 5.66. The maximum atomic E-state index is 12.1. The predicted octanol–water partition coefficient (Wildman–Crippen LogP) is 3.28. The minimum Gasteiger partial charge on any atom is -0.482 e. The molecule has 0 saturated carbocycles. The molecule has 0 amide bonds. The smallest absolute Gasteiger partial charge is 0.363 e. The average Bonchev–Trinajstić information content (AvgIpc) is 3.01. The van der Waals surface area contributed by atoms with Gasteiger partial charge in [-0.3, -0.25) is 0 Å². The van der Waals surface area contributed by atoms with Gasteiger partial charge in [0.05, 0.1) is 6.61 Å². The summed E-state index contributed by atoms with van der Waals surface area (Å²) in [6, 6.07) is 14.6. The van der Waals surface area contributed by atoms with Gasteiger partial charge in [-0.2, -0.15) is 0 Å². The van der Waals surface area contributed by atoms with Crippen LogP contribution in [0.3, 0.4) is 0 Å². The largest absolute Gasteiger partial charge is 0.482 e. The van der Waals surface area contributed by atoms with Crippen molar-refractivity contribution in [2.75, 3.05) is 13.2 Å². The summed E-state index contributed by atoms with van der Waals surface area (Å²) in [6.45, 7) is 3.79. The summed E-state index contributed by atoms with van der Waals surface area (Å²) in [5, 5.41) is 0. The molecule has 2 aromatic carbocycles. The van der Waals surface area contributed by atoms with Gasteiger partial charge >= 0.3 is 11.9 Å². The first-order valence-corrected chi connectivity index (χ1v) is 8.54. The van der Waals surface area contributed by atoms with Crippen LogP contribution in [0.4, 0.5) is 0 Å². The molecule has 0 radical (unpaired) electrons. The molecule has 0 fully saturated rings. The van der Waals surface area contributed by atoms with Gasteiger partial charge in [-0.15, -0.1) is 0 Å². The van der Waals surface area contributed by atoms with E-state index < -0.39 is 11.9 Å². The number of carbonyl (C=O) groups is 2. The predicted molar refractivity (Wildman–Crippen MR) is 100 cm³/mol. The number of esters is 2. The molecular weight excluding hydrogens is 346 g/mol. The van der Waals surface area contributed by atoms with Gasteiger partial charge in [-0.25, -0.2) is 14.6 Å². The van der Waals surface area contributed by atoms with E-state index >= 15 is 0 Å². The Morgan fingerprint density at radius 2 is 2.00 bits per heavy atom. The van der Waals surface area contributed by atoms with Crippen molar-refractivity contribution in [2.45, 2.75) is 13.8 Å². The lowest BCUT2D eigenvalue weighted by molar-refractivity contribution is -0.145. The Morgan fingerprint density at radius 1 is 1.19 bits per heavy atom. The molecular formula is C21H19NO5. The molecule has 0 atom stereocenters. The molecule has 6 heteroatoms. The van der Waals surface area contributed by atoms with Gasteiger partial charge in [-0.05, 0) is 49.2 Å². The first-order chi connectivity index (χ1) is 13.1. The van der Waals surface area contributed by atoms with Crippen molar-refractivity contribution in [1.29, 1.82) is 0 Å². The second kappa shape index (κ2) is 8.31. The van der Waals surface area contributed by atoms with Crippen LogP contribution in [0.5, 0.6) is 5.75 Å². The molecule has 0 aromatic heterocycles. The fraction of sp³-hybridized carbons (Fsp3) is 0.190. The molecule has 3 rings (SSSR count). The minimum atomic E-state index is -0.508. The van der Waals surface area contributed by atoms with E-state index in [0.717, 1.165) is 11.1 Å². The monoisotopic (exact) mass is 365 g/mol. The molecule has 6 nitrogen and oxygen atoms in total. The van der Waals surface area contributed by atoms with Crippen molar-refractivity contribution in [1.82, 2.24) is 0 Å². The van der Waals surface area contributed by atoms with Gasteiger partial charge in [-0.1, -0.05) is 30.3 Å². The maximum Gasteiger partial charge on any atom is 0.363 e. The quantitative estimate of drug-likeness (QED) is 0.580. The van der Waals surface area contributed by atoms with Crippen molar-refractivity contribution in [3.05, 3.63) is 70.9 Å². The van der Waals surface area contributed by atoms with E-state index in [2.05, 4.69) is 4.99 Å². The normalized spacial score (nSPS) is 14.7. The van der Waals surface area contributed by atoms with Crippen LogP contribution in [0.2, 0.25) is 0 Å². The number of benzene rings is 2. The lowest BCUT2D eigenvalue weighted by atomic mass is 10.1. The molecule has 1 aliphatic rings. The van der Waals surface area contributed by atoms with Gasteiger partial charge in [0.15, 0.2) is 12.3 Å². The summed E-state index contributed by atoms with van der Waals surface area (Å²) in [7, 11) is 0. The third-order valence-electron chi connectivity index (χ3n) is 3.82. The number of rotatable bonds is 6. The Hall–Kier alpha value is -3.41. The SMILES string of the molecule is CCOC(=O)COc1cccc(/C=C2\N=C(c3ccccc3C)OC2=O)c1. The van der Waals surface area contributed by atoms with Crippen molar-refractivity contribution in [3.63, 3.8) is 0 Å².